The molecule has 1 heterocycles. The standard InChI is InChI=1S/C18H17ClFN3O3S/c1-23-9-8-21-18(23)17(12-4-3-5-13(10-12)26-2)22-27(24,25)14-6-7-16(20)15(19)11-14/h3-11,17,22H,1-2H3/t17-/m0/s1. The second-order valence-electron chi connectivity index (χ2n) is 5.80. The molecule has 142 valence electrons. The summed E-state index contributed by atoms with van der Waals surface area (Å²) in [6, 6.07) is 9.46. The number of aryl methyl sites for hydroxylation is 1. The predicted molar refractivity (Wildman–Crippen MR) is 99.8 cm³/mol. The molecule has 0 aliphatic carbocycles. The van der Waals surface area contributed by atoms with Crippen molar-refractivity contribution in [1.82, 2.24) is 14.3 Å². The van der Waals surface area contributed by atoms with E-state index < -0.39 is 21.9 Å². The molecule has 3 rings (SSSR count). The number of rotatable bonds is 6. The van der Waals surface area contributed by atoms with E-state index in [1.807, 2.05) is 0 Å². The van der Waals surface area contributed by atoms with Crippen LogP contribution in [0.2, 0.25) is 5.02 Å². The summed E-state index contributed by atoms with van der Waals surface area (Å²) < 4.78 is 48.7. The van der Waals surface area contributed by atoms with Crippen LogP contribution in [0.25, 0.3) is 0 Å². The Hall–Kier alpha value is -2.42. The second-order valence-corrected chi connectivity index (χ2v) is 7.92. The normalized spacial score (nSPS) is 12.7. The molecule has 1 aromatic heterocycles. The average Bonchev–Trinajstić information content (AvgIpc) is 3.07. The highest BCUT2D eigenvalue weighted by atomic mass is 35.5. The minimum absolute atomic E-state index is 0.143. The van der Waals surface area contributed by atoms with E-state index in [2.05, 4.69) is 9.71 Å². The number of hydrogen-bond donors (Lipinski definition) is 1. The first-order valence-corrected chi connectivity index (χ1v) is 9.76. The van der Waals surface area contributed by atoms with E-state index >= 15 is 0 Å². The number of halogens is 2. The molecule has 27 heavy (non-hydrogen) atoms. The predicted octanol–water partition coefficient (Wildman–Crippen LogP) is 3.29. The van der Waals surface area contributed by atoms with Crippen molar-refractivity contribution in [3.05, 3.63) is 77.1 Å². The maximum Gasteiger partial charge on any atom is 0.241 e. The van der Waals surface area contributed by atoms with Gasteiger partial charge in [-0.3, -0.25) is 0 Å². The molecule has 9 heteroatoms. The molecule has 0 amide bonds. The van der Waals surface area contributed by atoms with Gasteiger partial charge in [-0.25, -0.2) is 17.8 Å². The average molecular weight is 410 g/mol. The summed E-state index contributed by atoms with van der Waals surface area (Å²) >= 11 is 5.74. The summed E-state index contributed by atoms with van der Waals surface area (Å²) in [7, 11) is -0.715. The molecule has 2 aromatic carbocycles. The fourth-order valence-corrected chi connectivity index (χ4v) is 4.07. The summed E-state index contributed by atoms with van der Waals surface area (Å²) in [4.78, 5) is 4.12. The zero-order valence-electron chi connectivity index (χ0n) is 14.6. The molecule has 1 atom stereocenters. The summed E-state index contributed by atoms with van der Waals surface area (Å²) in [6.07, 6.45) is 3.29. The Morgan fingerprint density at radius 3 is 2.67 bits per heavy atom. The molecular formula is C18H17ClFN3O3S. The van der Waals surface area contributed by atoms with Crippen molar-refractivity contribution in [3.63, 3.8) is 0 Å². The van der Waals surface area contributed by atoms with E-state index in [4.69, 9.17) is 16.3 Å². The quantitative estimate of drug-likeness (QED) is 0.678. The largest absolute Gasteiger partial charge is 0.497 e. The number of nitrogens with one attached hydrogen (secondary N) is 1. The lowest BCUT2D eigenvalue weighted by Gasteiger charge is -2.20. The fourth-order valence-electron chi connectivity index (χ4n) is 2.61. The van der Waals surface area contributed by atoms with Gasteiger partial charge in [-0.1, -0.05) is 23.7 Å². The van der Waals surface area contributed by atoms with Gasteiger partial charge in [-0.15, -0.1) is 0 Å². The van der Waals surface area contributed by atoms with E-state index in [1.165, 1.54) is 7.11 Å². The number of benzene rings is 2. The number of aromatic nitrogens is 2. The fraction of sp³-hybridized carbons (Fsp3) is 0.167. The van der Waals surface area contributed by atoms with Crippen molar-refractivity contribution >= 4 is 21.6 Å². The lowest BCUT2D eigenvalue weighted by molar-refractivity contribution is 0.413. The zero-order chi connectivity index (χ0) is 19.6. The van der Waals surface area contributed by atoms with E-state index in [0.29, 0.717) is 17.1 Å². The van der Waals surface area contributed by atoms with Crippen molar-refractivity contribution < 1.29 is 17.5 Å². The Bertz CT molecular complexity index is 1070. The van der Waals surface area contributed by atoms with Crippen molar-refractivity contribution in [1.29, 1.82) is 0 Å². The molecule has 0 saturated heterocycles. The Kier molecular flexibility index (Phi) is 5.50. The number of hydrogen-bond acceptors (Lipinski definition) is 4. The molecule has 0 saturated carbocycles. The minimum Gasteiger partial charge on any atom is -0.497 e. The maximum absolute atomic E-state index is 13.4. The summed E-state index contributed by atoms with van der Waals surface area (Å²) in [6.45, 7) is 0. The van der Waals surface area contributed by atoms with Crippen LogP contribution < -0.4 is 9.46 Å². The van der Waals surface area contributed by atoms with Gasteiger partial charge in [0, 0.05) is 19.4 Å². The molecule has 0 aliphatic heterocycles. The van der Waals surface area contributed by atoms with E-state index in [-0.39, 0.29) is 9.92 Å². The monoisotopic (exact) mass is 409 g/mol. The Morgan fingerprint density at radius 2 is 2.04 bits per heavy atom. The third kappa shape index (κ3) is 4.13. The Balaban J connectivity index is 2.05. The van der Waals surface area contributed by atoms with Crippen molar-refractivity contribution in [3.8, 4) is 5.75 Å². The number of nitrogens with zero attached hydrogens (tertiary/aromatic N) is 2. The van der Waals surface area contributed by atoms with Crippen molar-refractivity contribution in [2.75, 3.05) is 7.11 Å². The van der Waals surface area contributed by atoms with E-state index in [9.17, 15) is 12.8 Å². The molecule has 0 unspecified atom stereocenters. The van der Waals surface area contributed by atoms with Crippen LogP contribution in [0, 0.1) is 5.82 Å². The lowest BCUT2D eigenvalue weighted by Crippen LogP contribution is -2.31. The first-order chi connectivity index (χ1) is 12.8. The number of imidazole rings is 1. The molecule has 0 radical (unpaired) electrons. The Labute approximate surface area is 161 Å². The third-order valence-electron chi connectivity index (χ3n) is 4.02. The SMILES string of the molecule is COc1cccc([C@H](NS(=O)(=O)c2ccc(F)c(Cl)c2)c2nccn2C)c1. The minimum atomic E-state index is -4.00. The number of methoxy groups -OCH3 is 1. The summed E-state index contributed by atoms with van der Waals surface area (Å²) in [5, 5.41) is -0.271. The van der Waals surface area contributed by atoms with Crippen LogP contribution in [-0.2, 0) is 17.1 Å². The zero-order valence-corrected chi connectivity index (χ0v) is 16.1. The van der Waals surface area contributed by atoms with Gasteiger partial charge in [-0.05, 0) is 35.9 Å². The molecule has 0 spiro atoms. The van der Waals surface area contributed by atoms with E-state index in [1.54, 1.807) is 48.3 Å². The van der Waals surface area contributed by atoms with Gasteiger partial charge in [0.05, 0.1) is 17.0 Å². The van der Waals surface area contributed by atoms with Crippen molar-refractivity contribution in [2.45, 2.75) is 10.9 Å². The third-order valence-corrected chi connectivity index (χ3v) is 5.73. The first kappa shape index (κ1) is 19.3. The highest BCUT2D eigenvalue weighted by Crippen LogP contribution is 2.27. The second kappa shape index (κ2) is 7.67. The van der Waals surface area contributed by atoms with Crippen LogP contribution in [0.1, 0.15) is 17.4 Å². The molecule has 6 nitrogen and oxygen atoms in total. The van der Waals surface area contributed by atoms with Crippen molar-refractivity contribution in [2.24, 2.45) is 7.05 Å². The first-order valence-electron chi connectivity index (χ1n) is 7.90. The van der Waals surface area contributed by atoms with Gasteiger partial charge in [0.15, 0.2) is 0 Å². The van der Waals surface area contributed by atoms with Gasteiger partial charge >= 0.3 is 0 Å². The smallest absolute Gasteiger partial charge is 0.241 e. The van der Waals surface area contributed by atoms with Crippen LogP contribution in [-0.4, -0.2) is 25.1 Å². The van der Waals surface area contributed by atoms with E-state index in [0.717, 1.165) is 18.2 Å². The molecule has 0 aliphatic rings. The lowest BCUT2D eigenvalue weighted by atomic mass is 10.1. The van der Waals surface area contributed by atoms with Gasteiger partial charge in [0.25, 0.3) is 0 Å². The van der Waals surface area contributed by atoms with Gasteiger partial charge in [0.1, 0.15) is 23.4 Å². The van der Waals surface area contributed by atoms with Crippen LogP contribution in [0.5, 0.6) is 5.75 Å². The van der Waals surface area contributed by atoms with Gasteiger partial charge in [-0.2, -0.15) is 4.72 Å². The molecule has 0 bridgehead atoms. The summed E-state index contributed by atoms with van der Waals surface area (Å²) in [5.74, 6) is 0.375. The van der Waals surface area contributed by atoms with Gasteiger partial charge < -0.3 is 9.30 Å². The highest BCUT2D eigenvalue weighted by molar-refractivity contribution is 7.89. The van der Waals surface area contributed by atoms with Crippen LogP contribution in [0.15, 0.2) is 59.8 Å². The molecule has 3 aromatic rings. The number of sulfonamides is 1. The van der Waals surface area contributed by atoms with Crippen LogP contribution >= 0.6 is 11.6 Å². The molecule has 0 fully saturated rings. The van der Waals surface area contributed by atoms with Crippen LogP contribution in [0.3, 0.4) is 0 Å². The molecule has 1 N–H and O–H groups in total. The van der Waals surface area contributed by atoms with Gasteiger partial charge in [0.2, 0.25) is 10.0 Å². The highest BCUT2D eigenvalue weighted by Gasteiger charge is 2.26. The van der Waals surface area contributed by atoms with Crippen LogP contribution in [0.4, 0.5) is 4.39 Å². The molecular weight excluding hydrogens is 393 g/mol. The topological polar surface area (TPSA) is 73.2 Å². The maximum atomic E-state index is 13.4. The Morgan fingerprint density at radius 1 is 1.26 bits per heavy atom. The number of ether oxygens (including phenoxy) is 1. The summed E-state index contributed by atoms with van der Waals surface area (Å²) in [5.41, 5.74) is 0.639.